The van der Waals surface area contributed by atoms with E-state index in [0.717, 1.165) is 53.0 Å². The van der Waals surface area contributed by atoms with Crippen molar-refractivity contribution < 1.29 is 9.53 Å². The summed E-state index contributed by atoms with van der Waals surface area (Å²) in [5.74, 6) is 1.56. The average Bonchev–Trinajstić information content (AvgIpc) is 3.45. The lowest BCUT2D eigenvalue weighted by Gasteiger charge is -2.23. The van der Waals surface area contributed by atoms with E-state index in [4.69, 9.17) is 9.84 Å². The first-order valence-corrected chi connectivity index (χ1v) is 10.8. The van der Waals surface area contributed by atoms with E-state index >= 15 is 0 Å². The monoisotopic (exact) mass is 440 g/mol. The van der Waals surface area contributed by atoms with Gasteiger partial charge in [0, 0.05) is 29.9 Å². The molecule has 0 aliphatic carbocycles. The van der Waals surface area contributed by atoms with Crippen LogP contribution in [0.3, 0.4) is 0 Å². The molecule has 1 atom stereocenters. The molecule has 3 heterocycles. The minimum absolute atomic E-state index is 0. The van der Waals surface area contributed by atoms with Crippen molar-refractivity contribution in [3.63, 3.8) is 0 Å². The SMILES string of the molecule is C.C=CC(=O)N1CCCC1Cn1nc(-c2ccc(Oc3ccccc3)cc2)c2cnccc21. The molecule has 1 aliphatic rings. The fourth-order valence-electron chi connectivity index (χ4n) is 4.31. The van der Waals surface area contributed by atoms with Gasteiger partial charge >= 0.3 is 0 Å². The highest BCUT2D eigenvalue weighted by Crippen LogP contribution is 2.31. The van der Waals surface area contributed by atoms with Crippen LogP contribution in [0.5, 0.6) is 11.5 Å². The van der Waals surface area contributed by atoms with Crippen LogP contribution in [-0.2, 0) is 11.3 Å². The molecule has 33 heavy (non-hydrogen) atoms. The number of amides is 1. The zero-order valence-electron chi connectivity index (χ0n) is 17.7. The van der Waals surface area contributed by atoms with Gasteiger partial charge in [0.15, 0.2) is 0 Å². The van der Waals surface area contributed by atoms with E-state index in [1.54, 1.807) is 6.20 Å². The number of nitrogens with zero attached hydrogens (tertiary/aromatic N) is 4. The van der Waals surface area contributed by atoms with Gasteiger partial charge < -0.3 is 9.64 Å². The summed E-state index contributed by atoms with van der Waals surface area (Å²) in [4.78, 5) is 18.4. The zero-order chi connectivity index (χ0) is 21.9. The van der Waals surface area contributed by atoms with Gasteiger partial charge in [0.25, 0.3) is 0 Å². The fourth-order valence-corrected chi connectivity index (χ4v) is 4.31. The Bertz CT molecular complexity index is 1250. The molecule has 6 nitrogen and oxygen atoms in total. The van der Waals surface area contributed by atoms with Crippen LogP contribution < -0.4 is 4.74 Å². The molecule has 2 aromatic carbocycles. The van der Waals surface area contributed by atoms with E-state index in [1.807, 2.05) is 76.4 Å². The largest absolute Gasteiger partial charge is 0.457 e. The topological polar surface area (TPSA) is 60.2 Å². The normalized spacial score (nSPS) is 15.3. The Labute approximate surface area is 194 Å². The molecule has 2 aromatic heterocycles. The summed E-state index contributed by atoms with van der Waals surface area (Å²) in [6.07, 6.45) is 6.99. The number of hydrogen-bond donors (Lipinski definition) is 0. The lowest BCUT2D eigenvalue weighted by atomic mass is 10.1. The van der Waals surface area contributed by atoms with Crippen molar-refractivity contribution in [2.45, 2.75) is 32.9 Å². The molecule has 6 heteroatoms. The summed E-state index contributed by atoms with van der Waals surface area (Å²) in [7, 11) is 0. The van der Waals surface area contributed by atoms with Gasteiger partial charge in [-0.2, -0.15) is 5.10 Å². The van der Waals surface area contributed by atoms with Gasteiger partial charge in [-0.25, -0.2) is 0 Å². The summed E-state index contributed by atoms with van der Waals surface area (Å²) >= 11 is 0. The van der Waals surface area contributed by atoms with Crippen molar-refractivity contribution >= 4 is 16.8 Å². The number of rotatable bonds is 6. The third-order valence-electron chi connectivity index (χ3n) is 5.88. The average molecular weight is 441 g/mol. The van der Waals surface area contributed by atoms with E-state index in [1.165, 1.54) is 6.08 Å². The van der Waals surface area contributed by atoms with Crippen molar-refractivity contribution in [3.8, 4) is 22.8 Å². The van der Waals surface area contributed by atoms with Crippen LogP contribution in [0.25, 0.3) is 22.2 Å². The van der Waals surface area contributed by atoms with Crippen molar-refractivity contribution in [1.82, 2.24) is 19.7 Å². The first-order chi connectivity index (χ1) is 15.7. The highest BCUT2D eigenvalue weighted by Gasteiger charge is 2.28. The van der Waals surface area contributed by atoms with Crippen molar-refractivity contribution in [3.05, 3.63) is 85.7 Å². The van der Waals surface area contributed by atoms with Crippen LogP contribution >= 0.6 is 0 Å². The summed E-state index contributed by atoms with van der Waals surface area (Å²) in [5, 5.41) is 5.92. The van der Waals surface area contributed by atoms with Crippen LogP contribution in [0.1, 0.15) is 20.3 Å². The second-order valence-electron chi connectivity index (χ2n) is 7.89. The lowest BCUT2D eigenvalue weighted by molar-refractivity contribution is -0.127. The number of para-hydroxylation sites is 1. The van der Waals surface area contributed by atoms with E-state index in [2.05, 4.69) is 11.6 Å². The maximum Gasteiger partial charge on any atom is 0.246 e. The number of carbonyl (C=O) groups excluding carboxylic acids is 1. The second-order valence-corrected chi connectivity index (χ2v) is 7.89. The van der Waals surface area contributed by atoms with Crippen LogP contribution in [0.4, 0.5) is 0 Å². The number of ether oxygens (including phenoxy) is 1. The number of hydrogen-bond acceptors (Lipinski definition) is 4. The molecule has 1 fully saturated rings. The predicted molar refractivity (Wildman–Crippen MR) is 131 cm³/mol. The lowest BCUT2D eigenvalue weighted by Crippen LogP contribution is -2.37. The van der Waals surface area contributed by atoms with E-state index in [-0.39, 0.29) is 19.4 Å². The van der Waals surface area contributed by atoms with Crippen molar-refractivity contribution in [2.24, 2.45) is 0 Å². The Kier molecular flexibility index (Phi) is 6.54. The van der Waals surface area contributed by atoms with Gasteiger partial charge in [0.2, 0.25) is 5.91 Å². The first kappa shape index (κ1) is 22.3. The predicted octanol–water partition coefficient (Wildman–Crippen LogP) is 5.70. The Balaban J connectivity index is 0.00000259. The van der Waals surface area contributed by atoms with Gasteiger partial charge in [-0.1, -0.05) is 32.2 Å². The van der Waals surface area contributed by atoms with E-state index in [0.29, 0.717) is 6.54 Å². The van der Waals surface area contributed by atoms with E-state index in [9.17, 15) is 4.79 Å². The van der Waals surface area contributed by atoms with Crippen molar-refractivity contribution in [1.29, 1.82) is 0 Å². The molecule has 0 radical (unpaired) electrons. The molecular weight excluding hydrogens is 412 g/mol. The molecule has 1 saturated heterocycles. The van der Waals surface area contributed by atoms with Crippen LogP contribution in [0.15, 0.2) is 85.7 Å². The molecule has 1 unspecified atom stereocenters. The van der Waals surface area contributed by atoms with Gasteiger partial charge in [-0.3, -0.25) is 14.5 Å². The van der Waals surface area contributed by atoms with Gasteiger partial charge in [0.05, 0.1) is 18.1 Å². The molecule has 1 aliphatic heterocycles. The number of likely N-dealkylation sites (tertiary alicyclic amines) is 1. The standard InChI is InChI=1S/C26H24N4O2.CH4/c1-2-25(31)29-16-6-7-20(29)18-30-24-14-15-27-17-23(24)26(28-30)19-10-12-22(13-11-19)32-21-8-4-3-5-9-21;/h2-5,8-15,17,20H,1,6-7,16,18H2;1H4. The Morgan fingerprint density at radius 1 is 1.09 bits per heavy atom. The van der Waals surface area contributed by atoms with Crippen LogP contribution in [0.2, 0.25) is 0 Å². The molecule has 0 bridgehead atoms. The smallest absolute Gasteiger partial charge is 0.246 e. The fraction of sp³-hybridized carbons (Fsp3) is 0.222. The maximum absolute atomic E-state index is 12.2. The van der Waals surface area contributed by atoms with Crippen LogP contribution in [-0.4, -0.2) is 38.2 Å². The molecule has 1 amide bonds. The Morgan fingerprint density at radius 2 is 1.85 bits per heavy atom. The number of pyridine rings is 1. The highest BCUT2D eigenvalue weighted by molar-refractivity contribution is 5.92. The van der Waals surface area contributed by atoms with Gasteiger partial charge in [0.1, 0.15) is 17.2 Å². The van der Waals surface area contributed by atoms with Gasteiger partial charge in [-0.05, 0) is 61.4 Å². The maximum atomic E-state index is 12.2. The Hall–Kier alpha value is -3.93. The molecular formula is C27H28N4O2. The second kappa shape index (κ2) is 9.69. The minimum atomic E-state index is -0.0140. The molecule has 4 aromatic rings. The highest BCUT2D eigenvalue weighted by atomic mass is 16.5. The number of benzene rings is 2. The molecule has 0 spiro atoms. The molecule has 168 valence electrons. The van der Waals surface area contributed by atoms with Gasteiger partial charge in [-0.15, -0.1) is 0 Å². The number of aromatic nitrogens is 3. The Morgan fingerprint density at radius 3 is 2.61 bits per heavy atom. The summed E-state index contributed by atoms with van der Waals surface area (Å²) in [6.45, 7) is 5.06. The third kappa shape index (κ3) is 4.51. The first-order valence-electron chi connectivity index (χ1n) is 10.8. The quantitative estimate of drug-likeness (QED) is 0.361. The zero-order valence-corrected chi connectivity index (χ0v) is 17.7. The third-order valence-corrected chi connectivity index (χ3v) is 5.88. The van der Waals surface area contributed by atoms with E-state index < -0.39 is 0 Å². The van der Waals surface area contributed by atoms with Crippen LogP contribution in [0, 0.1) is 0 Å². The molecule has 0 saturated carbocycles. The van der Waals surface area contributed by atoms with Crippen molar-refractivity contribution in [2.75, 3.05) is 6.54 Å². The number of fused-ring (bicyclic) bond motifs is 1. The molecule has 0 N–H and O–H groups in total. The molecule has 5 rings (SSSR count). The summed E-state index contributed by atoms with van der Waals surface area (Å²) in [5.41, 5.74) is 2.88. The number of carbonyl (C=O) groups is 1. The minimum Gasteiger partial charge on any atom is -0.457 e. The summed E-state index contributed by atoms with van der Waals surface area (Å²) < 4.78 is 7.91. The summed E-state index contributed by atoms with van der Waals surface area (Å²) in [6, 6.07) is 19.7.